The van der Waals surface area contributed by atoms with Crippen LogP contribution in [0.4, 0.5) is 0 Å². The summed E-state index contributed by atoms with van der Waals surface area (Å²) >= 11 is 0. The molecule has 27 heavy (non-hydrogen) atoms. The number of aliphatic hydroxyl groups excluding tert-OH is 1. The second-order valence-electron chi connectivity index (χ2n) is 6.54. The molecule has 0 saturated carbocycles. The van der Waals surface area contributed by atoms with Gasteiger partial charge in [0.1, 0.15) is 18.0 Å². The molecule has 0 aromatic heterocycles. The van der Waals surface area contributed by atoms with E-state index in [4.69, 9.17) is 20.9 Å². The molecule has 1 aromatic rings. The van der Waals surface area contributed by atoms with Gasteiger partial charge < -0.3 is 35.8 Å². The standard InChI is InChI=1S/C18H21N5O4/c1-10(20)14-16(21-9-19)23(13-7-22(13)14)17-15(24)12(8-26-17)27-18(25)11-5-3-2-4-6-11/h2-6,9,12-13,15,17,24H,1,7-8,20H2,(H2,19,21)/t12-,13?,15+,17+,22?/m0/s1. The highest BCUT2D eigenvalue weighted by Crippen LogP contribution is 2.44. The Balaban J connectivity index is 1.51. The lowest BCUT2D eigenvalue weighted by molar-refractivity contribution is -0.0636. The van der Waals surface area contributed by atoms with E-state index in [2.05, 4.69) is 11.6 Å². The highest BCUT2D eigenvalue weighted by atomic mass is 16.6. The third-order valence-electron chi connectivity index (χ3n) is 4.80. The minimum Gasteiger partial charge on any atom is -0.453 e. The van der Waals surface area contributed by atoms with Crippen LogP contribution in [0.15, 0.2) is 59.1 Å². The van der Waals surface area contributed by atoms with Crippen molar-refractivity contribution in [1.29, 1.82) is 0 Å². The van der Waals surface area contributed by atoms with Gasteiger partial charge in [0.05, 0.1) is 30.8 Å². The Hall–Kier alpha value is -3.04. The van der Waals surface area contributed by atoms with Gasteiger partial charge in [0.25, 0.3) is 0 Å². The Morgan fingerprint density at radius 1 is 1.41 bits per heavy atom. The van der Waals surface area contributed by atoms with Crippen LogP contribution in [-0.4, -0.2) is 65.0 Å². The zero-order chi connectivity index (χ0) is 19.1. The molecule has 0 spiro atoms. The van der Waals surface area contributed by atoms with Gasteiger partial charge in [-0.15, -0.1) is 0 Å². The molecule has 4 atom stereocenters. The third kappa shape index (κ3) is 2.90. The molecule has 4 rings (SSSR count). The van der Waals surface area contributed by atoms with Crippen molar-refractivity contribution in [1.82, 2.24) is 9.80 Å². The lowest BCUT2D eigenvalue weighted by atomic mass is 10.2. The molecule has 142 valence electrons. The average molecular weight is 371 g/mol. The van der Waals surface area contributed by atoms with Crippen LogP contribution in [0.2, 0.25) is 0 Å². The number of fused-ring (bicyclic) bond motifs is 1. The lowest BCUT2D eigenvalue weighted by Crippen LogP contribution is -2.45. The van der Waals surface area contributed by atoms with E-state index in [0.717, 1.165) is 12.9 Å². The van der Waals surface area contributed by atoms with Crippen LogP contribution in [0.3, 0.4) is 0 Å². The van der Waals surface area contributed by atoms with Crippen molar-refractivity contribution < 1.29 is 19.4 Å². The number of nitrogens with two attached hydrogens (primary N) is 2. The van der Waals surface area contributed by atoms with Crippen molar-refractivity contribution in [2.24, 2.45) is 16.5 Å². The van der Waals surface area contributed by atoms with Crippen molar-refractivity contribution in [3.8, 4) is 0 Å². The summed E-state index contributed by atoms with van der Waals surface area (Å²) < 4.78 is 11.2. The van der Waals surface area contributed by atoms with E-state index >= 15 is 0 Å². The maximum absolute atomic E-state index is 12.3. The number of aliphatic imine (C=N–C) groups is 1. The summed E-state index contributed by atoms with van der Waals surface area (Å²) in [7, 11) is 0. The molecule has 3 aliphatic heterocycles. The molecule has 0 aliphatic carbocycles. The maximum Gasteiger partial charge on any atom is 0.338 e. The van der Waals surface area contributed by atoms with Crippen molar-refractivity contribution in [2.75, 3.05) is 13.2 Å². The molecule has 0 radical (unpaired) electrons. The Bertz CT molecular complexity index is 824. The molecule has 3 heterocycles. The number of carbonyl (C=O) groups is 1. The molecular formula is C18H21N5O4. The predicted molar refractivity (Wildman–Crippen MR) is 96.8 cm³/mol. The minimum atomic E-state index is -1.05. The van der Waals surface area contributed by atoms with Gasteiger partial charge in [-0.05, 0) is 12.1 Å². The molecule has 2 fully saturated rings. The summed E-state index contributed by atoms with van der Waals surface area (Å²) in [6.07, 6.45) is -1.45. The Kier molecular flexibility index (Phi) is 4.25. The summed E-state index contributed by atoms with van der Waals surface area (Å²) in [6.45, 7) is 4.57. The number of ether oxygens (including phenoxy) is 2. The fraction of sp³-hybridized carbons (Fsp3) is 0.333. The van der Waals surface area contributed by atoms with Gasteiger partial charge in [-0.3, -0.25) is 0 Å². The van der Waals surface area contributed by atoms with Gasteiger partial charge in [-0.1, -0.05) is 24.8 Å². The second kappa shape index (κ2) is 6.60. The minimum absolute atomic E-state index is 0.0396. The normalized spacial score (nSPS) is 29.4. The molecule has 0 bridgehead atoms. The molecule has 1 aromatic carbocycles. The van der Waals surface area contributed by atoms with Gasteiger partial charge >= 0.3 is 5.97 Å². The molecule has 5 N–H and O–H groups in total. The predicted octanol–water partition coefficient (Wildman–Crippen LogP) is -0.485. The number of hydrogen-bond acceptors (Lipinski definition) is 8. The number of nitrogens with zero attached hydrogens (tertiary/aromatic N) is 3. The van der Waals surface area contributed by atoms with E-state index in [1.807, 2.05) is 11.0 Å². The van der Waals surface area contributed by atoms with Crippen molar-refractivity contribution in [3.05, 3.63) is 59.7 Å². The molecule has 9 heteroatoms. The highest BCUT2D eigenvalue weighted by molar-refractivity contribution is 5.89. The van der Waals surface area contributed by atoms with E-state index in [1.165, 1.54) is 0 Å². The van der Waals surface area contributed by atoms with E-state index < -0.39 is 24.4 Å². The quantitative estimate of drug-likeness (QED) is 0.274. The number of aliphatic hydroxyl groups is 1. The van der Waals surface area contributed by atoms with Crippen LogP contribution in [0.1, 0.15) is 10.4 Å². The topological polar surface area (TPSA) is 126 Å². The Morgan fingerprint density at radius 2 is 2.15 bits per heavy atom. The first kappa shape index (κ1) is 17.4. The summed E-state index contributed by atoms with van der Waals surface area (Å²) in [5.41, 5.74) is 12.8. The Morgan fingerprint density at radius 3 is 2.81 bits per heavy atom. The summed E-state index contributed by atoms with van der Waals surface area (Å²) in [5, 5.41) is 10.7. The van der Waals surface area contributed by atoms with Gasteiger partial charge in [0.2, 0.25) is 0 Å². The number of benzene rings is 1. The van der Waals surface area contributed by atoms with Crippen LogP contribution in [0, 0.1) is 0 Å². The summed E-state index contributed by atoms with van der Waals surface area (Å²) in [4.78, 5) is 20.2. The summed E-state index contributed by atoms with van der Waals surface area (Å²) in [6, 6.07) is 8.61. The molecule has 9 nitrogen and oxygen atoms in total. The third-order valence-corrected chi connectivity index (χ3v) is 4.80. The molecule has 2 saturated heterocycles. The fourth-order valence-electron chi connectivity index (χ4n) is 3.52. The number of carbonyl (C=O) groups excluding carboxylic acids is 1. The molecular weight excluding hydrogens is 350 g/mol. The van der Waals surface area contributed by atoms with E-state index in [0.29, 0.717) is 22.8 Å². The smallest absolute Gasteiger partial charge is 0.338 e. The Labute approximate surface area is 156 Å². The first-order chi connectivity index (χ1) is 13.0. The molecule has 3 aliphatic rings. The zero-order valence-corrected chi connectivity index (χ0v) is 14.6. The number of rotatable bonds is 5. The average Bonchev–Trinajstić information content (AvgIpc) is 3.25. The van der Waals surface area contributed by atoms with Crippen LogP contribution in [0.25, 0.3) is 0 Å². The van der Waals surface area contributed by atoms with E-state index in [1.54, 1.807) is 29.2 Å². The first-order valence-corrected chi connectivity index (χ1v) is 8.57. The van der Waals surface area contributed by atoms with Crippen LogP contribution >= 0.6 is 0 Å². The van der Waals surface area contributed by atoms with Crippen LogP contribution in [-0.2, 0) is 9.47 Å². The van der Waals surface area contributed by atoms with Crippen LogP contribution in [0.5, 0.6) is 0 Å². The van der Waals surface area contributed by atoms with Crippen molar-refractivity contribution in [3.63, 3.8) is 0 Å². The fourth-order valence-corrected chi connectivity index (χ4v) is 3.52. The van der Waals surface area contributed by atoms with Crippen molar-refractivity contribution >= 4 is 12.3 Å². The van der Waals surface area contributed by atoms with E-state index in [9.17, 15) is 9.90 Å². The maximum atomic E-state index is 12.3. The SMILES string of the molecule is C=C(N)C1=C(/N=C\N)N([C@@H]2OC[C@H](OC(=O)c3ccccc3)[C@H]2O)C2CN12. The molecule has 0 amide bonds. The van der Waals surface area contributed by atoms with E-state index in [-0.39, 0.29) is 12.8 Å². The van der Waals surface area contributed by atoms with Crippen LogP contribution < -0.4 is 11.5 Å². The highest BCUT2D eigenvalue weighted by Gasteiger charge is 2.56. The monoisotopic (exact) mass is 371 g/mol. The van der Waals surface area contributed by atoms with Gasteiger partial charge in [0, 0.05) is 0 Å². The summed E-state index contributed by atoms with van der Waals surface area (Å²) in [5.74, 6) is -0.0227. The largest absolute Gasteiger partial charge is 0.453 e. The molecule has 1 unspecified atom stereocenters. The number of esters is 1. The number of hydrogen-bond donors (Lipinski definition) is 3. The van der Waals surface area contributed by atoms with Crippen molar-refractivity contribution in [2.45, 2.75) is 24.6 Å². The van der Waals surface area contributed by atoms with Gasteiger partial charge in [0.15, 0.2) is 18.2 Å². The second-order valence-corrected chi connectivity index (χ2v) is 6.54. The first-order valence-electron chi connectivity index (χ1n) is 8.57. The van der Waals surface area contributed by atoms with Gasteiger partial charge in [-0.25, -0.2) is 9.79 Å². The lowest BCUT2D eigenvalue weighted by Gasteiger charge is -2.29. The van der Waals surface area contributed by atoms with Gasteiger partial charge in [-0.2, -0.15) is 0 Å². The zero-order valence-electron chi connectivity index (χ0n) is 14.6.